The zero-order chi connectivity index (χ0) is 8.93. The van der Waals surface area contributed by atoms with Crippen LogP contribution in [0.5, 0.6) is 0 Å². The Kier molecular flexibility index (Phi) is 2.62. The Hall–Kier alpha value is -1.29. The molecular formula is C9H13N3O. The normalized spacial score (nSPS) is 18.3. The maximum atomic E-state index is 5.21. The maximum Gasteiger partial charge on any atom is 0.0705 e. The van der Waals surface area contributed by atoms with E-state index in [1.807, 2.05) is 29.6 Å². The third-order valence-corrected chi connectivity index (χ3v) is 1.97. The molecule has 1 fully saturated rings. The smallest absolute Gasteiger partial charge is 0.0705 e. The van der Waals surface area contributed by atoms with Crippen molar-refractivity contribution in [3.8, 4) is 0 Å². The molecule has 0 bridgehead atoms. The molecule has 13 heavy (non-hydrogen) atoms. The van der Waals surface area contributed by atoms with Crippen LogP contribution < -0.4 is 0 Å². The second kappa shape index (κ2) is 4.09. The van der Waals surface area contributed by atoms with Crippen LogP contribution in [0.25, 0.3) is 0 Å². The summed E-state index contributed by atoms with van der Waals surface area (Å²) in [6.45, 7) is 3.33. The van der Waals surface area contributed by atoms with Crippen molar-refractivity contribution in [2.45, 2.75) is 0 Å². The standard InChI is InChI=1S/C9H13N3O/c1-2-9(10-3-1)8-11-12-4-6-13-7-5-12/h1-3,8,10H,4-7H2. The Labute approximate surface area is 77.2 Å². The number of nitrogens with one attached hydrogen (secondary N) is 1. The molecule has 0 aromatic carbocycles. The second-order valence-electron chi connectivity index (χ2n) is 2.94. The van der Waals surface area contributed by atoms with E-state index in [2.05, 4.69) is 10.1 Å². The van der Waals surface area contributed by atoms with Crippen molar-refractivity contribution < 1.29 is 4.74 Å². The van der Waals surface area contributed by atoms with Crippen molar-refractivity contribution in [1.82, 2.24) is 9.99 Å². The molecule has 0 aliphatic carbocycles. The first-order valence-electron chi connectivity index (χ1n) is 4.45. The van der Waals surface area contributed by atoms with Gasteiger partial charge in [-0.15, -0.1) is 0 Å². The van der Waals surface area contributed by atoms with Gasteiger partial charge in [0.1, 0.15) is 0 Å². The molecule has 1 aromatic heterocycles. The third kappa shape index (κ3) is 2.32. The number of hydrogen-bond acceptors (Lipinski definition) is 3. The van der Waals surface area contributed by atoms with Crippen LogP contribution in [0.1, 0.15) is 5.69 Å². The number of ether oxygens (including phenoxy) is 1. The van der Waals surface area contributed by atoms with Crippen molar-refractivity contribution in [2.24, 2.45) is 5.10 Å². The van der Waals surface area contributed by atoms with Crippen LogP contribution in [-0.2, 0) is 4.74 Å². The van der Waals surface area contributed by atoms with Gasteiger partial charge in [-0.05, 0) is 12.1 Å². The highest BCUT2D eigenvalue weighted by molar-refractivity contribution is 5.76. The zero-order valence-corrected chi connectivity index (χ0v) is 7.44. The Balaban J connectivity index is 1.89. The monoisotopic (exact) mass is 179 g/mol. The molecular weight excluding hydrogens is 166 g/mol. The number of H-pyrrole nitrogens is 1. The zero-order valence-electron chi connectivity index (χ0n) is 7.44. The molecule has 1 aliphatic heterocycles. The van der Waals surface area contributed by atoms with Gasteiger partial charge in [0.15, 0.2) is 0 Å². The number of aromatic nitrogens is 1. The molecule has 0 saturated carbocycles. The first-order chi connectivity index (χ1) is 6.45. The summed E-state index contributed by atoms with van der Waals surface area (Å²) >= 11 is 0. The predicted octanol–water partition coefficient (Wildman–Crippen LogP) is 0.681. The van der Waals surface area contributed by atoms with E-state index in [4.69, 9.17) is 4.74 Å². The number of nitrogens with zero attached hydrogens (tertiary/aromatic N) is 2. The lowest BCUT2D eigenvalue weighted by molar-refractivity contribution is 0.0396. The van der Waals surface area contributed by atoms with Crippen LogP contribution in [0.15, 0.2) is 23.4 Å². The van der Waals surface area contributed by atoms with Gasteiger partial charge in [-0.2, -0.15) is 5.10 Å². The quantitative estimate of drug-likeness (QED) is 0.678. The van der Waals surface area contributed by atoms with Crippen LogP contribution >= 0.6 is 0 Å². The highest BCUT2D eigenvalue weighted by Gasteiger charge is 2.05. The summed E-state index contributed by atoms with van der Waals surface area (Å²) in [6, 6.07) is 3.95. The lowest BCUT2D eigenvalue weighted by Crippen LogP contribution is -2.32. The average molecular weight is 179 g/mol. The van der Waals surface area contributed by atoms with E-state index in [0.29, 0.717) is 0 Å². The largest absolute Gasteiger partial charge is 0.378 e. The summed E-state index contributed by atoms with van der Waals surface area (Å²) in [5.74, 6) is 0. The van der Waals surface area contributed by atoms with Gasteiger partial charge in [-0.25, -0.2) is 0 Å². The molecule has 0 atom stereocenters. The summed E-state index contributed by atoms with van der Waals surface area (Å²) in [7, 11) is 0. The molecule has 1 N–H and O–H groups in total. The van der Waals surface area contributed by atoms with E-state index in [1.165, 1.54) is 0 Å². The lowest BCUT2D eigenvalue weighted by Gasteiger charge is -2.23. The van der Waals surface area contributed by atoms with E-state index >= 15 is 0 Å². The lowest BCUT2D eigenvalue weighted by atomic mass is 10.5. The summed E-state index contributed by atoms with van der Waals surface area (Å²) in [5.41, 5.74) is 1.03. The van der Waals surface area contributed by atoms with E-state index in [0.717, 1.165) is 32.0 Å². The summed E-state index contributed by atoms with van der Waals surface area (Å²) < 4.78 is 5.21. The minimum absolute atomic E-state index is 0.780. The SMILES string of the molecule is C(=NN1CCOCC1)c1ccc[nH]1. The molecule has 0 amide bonds. The molecule has 4 heteroatoms. The molecule has 0 radical (unpaired) electrons. The van der Waals surface area contributed by atoms with Crippen LogP contribution in [0.2, 0.25) is 0 Å². The van der Waals surface area contributed by atoms with Crippen molar-refractivity contribution >= 4 is 6.21 Å². The van der Waals surface area contributed by atoms with Gasteiger partial charge in [0.05, 0.1) is 38.2 Å². The first-order valence-corrected chi connectivity index (χ1v) is 4.45. The Bertz CT molecular complexity index is 262. The number of morpholine rings is 1. The summed E-state index contributed by atoms with van der Waals surface area (Å²) in [4.78, 5) is 3.07. The number of aromatic amines is 1. The topological polar surface area (TPSA) is 40.6 Å². The Morgan fingerprint density at radius 1 is 1.46 bits per heavy atom. The van der Waals surface area contributed by atoms with Gasteiger partial charge in [0, 0.05) is 6.20 Å². The molecule has 1 aliphatic rings. The fraction of sp³-hybridized carbons (Fsp3) is 0.444. The van der Waals surface area contributed by atoms with Crippen molar-refractivity contribution in [3.05, 3.63) is 24.0 Å². The second-order valence-corrected chi connectivity index (χ2v) is 2.94. The minimum Gasteiger partial charge on any atom is -0.378 e. The highest BCUT2D eigenvalue weighted by atomic mass is 16.5. The van der Waals surface area contributed by atoms with Gasteiger partial charge in [0.25, 0.3) is 0 Å². The summed E-state index contributed by atoms with van der Waals surface area (Å²) in [5, 5.41) is 6.34. The van der Waals surface area contributed by atoms with Crippen molar-refractivity contribution in [3.63, 3.8) is 0 Å². The fourth-order valence-electron chi connectivity index (χ4n) is 1.24. The van der Waals surface area contributed by atoms with Gasteiger partial charge >= 0.3 is 0 Å². The van der Waals surface area contributed by atoms with Crippen molar-refractivity contribution in [2.75, 3.05) is 26.3 Å². The minimum atomic E-state index is 0.780. The highest BCUT2D eigenvalue weighted by Crippen LogP contribution is 1.97. The third-order valence-electron chi connectivity index (χ3n) is 1.97. The molecule has 1 saturated heterocycles. The van der Waals surface area contributed by atoms with E-state index < -0.39 is 0 Å². The molecule has 2 rings (SSSR count). The average Bonchev–Trinajstić information content (AvgIpc) is 2.69. The number of rotatable bonds is 2. The van der Waals surface area contributed by atoms with Crippen LogP contribution in [0, 0.1) is 0 Å². The molecule has 0 unspecified atom stereocenters. The van der Waals surface area contributed by atoms with Crippen LogP contribution in [0.3, 0.4) is 0 Å². The molecule has 70 valence electrons. The molecule has 0 spiro atoms. The molecule has 4 nitrogen and oxygen atoms in total. The maximum absolute atomic E-state index is 5.21. The van der Waals surface area contributed by atoms with E-state index in [1.54, 1.807) is 0 Å². The van der Waals surface area contributed by atoms with Crippen LogP contribution in [0.4, 0.5) is 0 Å². The molecule has 2 heterocycles. The van der Waals surface area contributed by atoms with Gasteiger partial charge < -0.3 is 9.72 Å². The number of hydrazone groups is 1. The van der Waals surface area contributed by atoms with Gasteiger partial charge in [-0.1, -0.05) is 0 Å². The van der Waals surface area contributed by atoms with E-state index in [-0.39, 0.29) is 0 Å². The van der Waals surface area contributed by atoms with Gasteiger partial charge in [-0.3, -0.25) is 5.01 Å². The Morgan fingerprint density at radius 3 is 3.00 bits per heavy atom. The van der Waals surface area contributed by atoms with Gasteiger partial charge in [0.2, 0.25) is 0 Å². The predicted molar refractivity (Wildman–Crippen MR) is 50.8 cm³/mol. The molecule has 1 aromatic rings. The first kappa shape index (κ1) is 8.31. The Morgan fingerprint density at radius 2 is 2.31 bits per heavy atom. The van der Waals surface area contributed by atoms with E-state index in [9.17, 15) is 0 Å². The number of hydrogen-bond donors (Lipinski definition) is 1. The van der Waals surface area contributed by atoms with Crippen LogP contribution in [-0.4, -0.2) is 42.5 Å². The summed E-state index contributed by atoms with van der Waals surface area (Å²) in [6.07, 6.45) is 3.73. The van der Waals surface area contributed by atoms with Crippen molar-refractivity contribution in [1.29, 1.82) is 0 Å². The fourth-order valence-corrected chi connectivity index (χ4v) is 1.24.